The van der Waals surface area contributed by atoms with Gasteiger partial charge in [0, 0.05) is 11.6 Å². The van der Waals surface area contributed by atoms with Crippen LogP contribution in [-0.4, -0.2) is 4.98 Å². The average Bonchev–Trinajstić information content (AvgIpc) is 2.23. The Kier molecular flexibility index (Phi) is 1.94. The van der Waals surface area contributed by atoms with Crippen molar-refractivity contribution < 1.29 is 0 Å². The molecule has 1 heterocycles. The lowest BCUT2D eigenvalue weighted by atomic mass is 10.0. The molecule has 2 heteroatoms. The molecule has 0 bridgehead atoms. The Bertz CT molecular complexity index is 536. The number of hydrogen-bond acceptors (Lipinski definition) is 2. The molecule has 2 rings (SSSR count). The van der Waals surface area contributed by atoms with Crippen LogP contribution < -0.4 is 0 Å². The number of benzene rings is 1. The summed E-state index contributed by atoms with van der Waals surface area (Å²) in [5, 5.41) is 9.77. The van der Waals surface area contributed by atoms with Gasteiger partial charge in [0.05, 0.1) is 11.1 Å². The molecule has 2 aromatic rings. The second kappa shape index (κ2) is 3.12. The van der Waals surface area contributed by atoms with Crippen LogP contribution in [0.4, 0.5) is 0 Å². The quantitative estimate of drug-likeness (QED) is 0.628. The molecule has 0 atom stereocenters. The Balaban J connectivity index is 2.83. The van der Waals surface area contributed by atoms with Gasteiger partial charge < -0.3 is 0 Å². The van der Waals surface area contributed by atoms with E-state index in [1.165, 1.54) is 11.1 Å². The fourth-order valence-corrected chi connectivity index (χ4v) is 1.51. The molecule has 1 aromatic carbocycles. The summed E-state index contributed by atoms with van der Waals surface area (Å²) < 4.78 is 0. The number of aryl methyl sites for hydroxylation is 2. The molecule has 0 aliphatic rings. The molecule has 0 spiro atoms. The van der Waals surface area contributed by atoms with Gasteiger partial charge in [-0.1, -0.05) is 12.1 Å². The summed E-state index contributed by atoms with van der Waals surface area (Å²) in [7, 11) is 0. The van der Waals surface area contributed by atoms with Crippen molar-refractivity contribution in [3.8, 4) is 6.07 Å². The van der Waals surface area contributed by atoms with Crippen molar-refractivity contribution in [1.82, 2.24) is 4.98 Å². The van der Waals surface area contributed by atoms with Gasteiger partial charge in [0.25, 0.3) is 0 Å². The molecule has 68 valence electrons. The molecule has 0 aliphatic carbocycles. The van der Waals surface area contributed by atoms with Gasteiger partial charge in [-0.2, -0.15) is 5.26 Å². The van der Waals surface area contributed by atoms with E-state index in [1.807, 2.05) is 12.1 Å². The molecular formula is C12H10N2. The van der Waals surface area contributed by atoms with Gasteiger partial charge >= 0.3 is 0 Å². The van der Waals surface area contributed by atoms with Crippen molar-refractivity contribution in [2.24, 2.45) is 0 Å². The van der Waals surface area contributed by atoms with E-state index in [0.717, 1.165) is 10.9 Å². The van der Waals surface area contributed by atoms with Gasteiger partial charge in [-0.05, 0) is 31.0 Å². The zero-order valence-electron chi connectivity index (χ0n) is 8.20. The van der Waals surface area contributed by atoms with E-state index < -0.39 is 0 Å². The minimum absolute atomic E-state index is 0.612. The third-order valence-electron chi connectivity index (χ3n) is 2.51. The molecule has 2 nitrogen and oxygen atoms in total. The molecule has 0 saturated carbocycles. The highest BCUT2D eigenvalue weighted by atomic mass is 14.7. The molecule has 1 aromatic heterocycles. The van der Waals surface area contributed by atoms with E-state index in [1.54, 1.807) is 6.20 Å². The van der Waals surface area contributed by atoms with Crippen LogP contribution in [0.1, 0.15) is 16.7 Å². The lowest BCUT2D eigenvalue weighted by Crippen LogP contribution is -1.88. The second-order valence-electron chi connectivity index (χ2n) is 3.41. The zero-order chi connectivity index (χ0) is 10.1. The summed E-state index contributed by atoms with van der Waals surface area (Å²) >= 11 is 0. The summed E-state index contributed by atoms with van der Waals surface area (Å²) in [4.78, 5) is 4.29. The fourth-order valence-electron chi connectivity index (χ4n) is 1.51. The standard InChI is InChI=1S/C12H10N2/c1-8-3-4-11-5-10(6-13)7-14-12(11)9(8)2/h3-5,7H,1-2H3. The Morgan fingerprint density at radius 1 is 1.29 bits per heavy atom. The predicted octanol–water partition coefficient (Wildman–Crippen LogP) is 2.72. The van der Waals surface area contributed by atoms with Gasteiger partial charge in [0.2, 0.25) is 0 Å². The number of nitriles is 1. The van der Waals surface area contributed by atoms with Crippen LogP contribution >= 0.6 is 0 Å². The van der Waals surface area contributed by atoms with E-state index in [0.29, 0.717) is 5.56 Å². The van der Waals surface area contributed by atoms with Crippen LogP contribution in [0, 0.1) is 25.2 Å². The van der Waals surface area contributed by atoms with E-state index in [-0.39, 0.29) is 0 Å². The van der Waals surface area contributed by atoms with E-state index >= 15 is 0 Å². The smallest absolute Gasteiger partial charge is 0.101 e. The molecule has 0 aliphatic heterocycles. The molecule has 0 N–H and O–H groups in total. The maximum Gasteiger partial charge on any atom is 0.101 e. The summed E-state index contributed by atoms with van der Waals surface area (Å²) in [5.74, 6) is 0. The number of pyridine rings is 1. The van der Waals surface area contributed by atoms with Crippen LogP contribution in [0.25, 0.3) is 10.9 Å². The van der Waals surface area contributed by atoms with Crippen molar-refractivity contribution in [2.75, 3.05) is 0 Å². The molecule has 0 fully saturated rings. The third-order valence-corrected chi connectivity index (χ3v) is 2.51. The van der Waals surface area contributed by atoms with Gasteiger partial charge in [-0.3, -0.25) is 4.98 Å². The van der Waals surface area contributed by atoms with Crippen LogP contribution in [0.5, 0.6) is 0 Å². The molecule has 0 amide bonds. The monoisotopic (exact) mass is 182 g/mol. The van der Waals surface area contributed by atoms with Crippen molar-refractivity contribution in [1.29, 1.82) is 5.26 Å². The van der Waals surface area contributed by atoms with Gasteiger partial charge in [-0.25, -0.2) is 0 Å². The van der Waals surface area contributed by atoms with Crippen molar-refractivity contribution in [3.63, 3.8) is 0 Å². The first kappa shape index (κ1) is 8.71. The number of rotatable bonds is 0. The van der Waals surface area contributed by atoms with Gasteiger partial charge in [0.15, 0.2) is 0 Å². The normalized spacial score (nSPS) is 10.1. The topological polar surface area (TPSA) is 36.7 Å². The van der Waals surface area contributed by atoms with Gasteiger partial charge in [-0.15, -0.1) is 0 Å². The maximum atomic E-state index is 8.73. The predicted molar refractivity (Wildman–Crippen MR) is 55.9 cm³/mol. The first-order valence-electron chi connectivity index (χ1n) is 4.48. The average molecular weight is 182 g/mol. The maximum absolute atomic E-state index is 8.73. The number of aromatic nitrogens is 1. The summed E-state index contributed by atoms with van der Waals surface area (Å²) in [5.41, 5.74) is 4.02. The summed E-state index contributed by atoms with van der Waals surface area (Å²) in [6.07, 6.45) is 1.62. The second-order valence-corrected chi connectivity index (χ2v) is 3.41. The fraction of sp³-hybridized carbons (Fsp3) is 0.167. The van der Waals surface area contributed by atoms with Crippen molar-refractivity contribution >= 4 is 10.9 Å². The Hall–Kier alpha value is -1.88. The molecule has 0 unspecified atom stereocenters. The van der Waals surface area contributed by atoms with Crippen LogP contribution in [0.2, 0.25) is 0 Å². The van der Waals surface area contributed by atoms with E-state index in [9.17, 15) is 0 Å². The highest BCUT2D eigenvalue weighted by Gasteiger charge is 2.02. The number of nitrogens with zero attached hydrogens (tertiary/aromatic N) is 2. The highest BCUT2D eigenvalue weighted by Crippen LogP contribution is 2.19. The summed E-state index contributed by atoms with van der Waals surface area (Å²) in [6, 6.07) is 8.02. The minimum atomic E-state index is 0.612. The van der Waals surface area contributed by atoms with E-state index in [4.69, 9.17) is 5.26 Å². The molecule has 14 heavy (non-hydrogen) atoms. The SMILES string of the molecule is Cc1ccc2cc(C#N)cnc2c1C. The Morgan fingerprint density at radius 3 is 2.79 bits per heavy atom. The van der Waals surface area contributed by atoms with Crippen LogP contribution in [0.15, 0.2) is 24.4 Å². The van der Waals surface area contributed by atoms with Crippen LogP contribution in [-0.2, 0) is 0 Å². The molecular weight excluding hydrogens is 172 g/mol. The zero-order valence-corrected chi connectivity index (χ0v) is 8.20. The van der Waals surface area contributed by atoms with Crippen molar-refractivity contribution in [3.05, 3.63) is 41.1 Å². The van der Waals surface area contributed by atoms with Crippen molar-refractivity contribution in [2.45, 2.75) is 13.8 Å². The number of hydrogen-bond donors (Lipinski definition) is 0. The lowest BCUT2D eigenvalue weighted by Gasteiger charge is -2.04. The largest absolute Gasteiger partial charge is 0.255 e. The Morgan fingerprint density at radius 2 is 2.07 bits per heavy atom. The first-order valence-corrected chi connectivity index (χ1v) is 4.48. The van der Waals surface area contributed by atoms with Crippen LogP contribution in [0.3, 0.4) is 0 Å². The lowest BCUT2D eigenvalue weighted by molar-refractivity contribution is 1.30. The Labute approximate surface area is 82.8 Å². The molecule has 0 radical (unpaired) electrons. The summed E-state index contributed by atoms with van der Waals surface area (Å²) in [6.45, 7) is 4.12. The first-order chi connectivity index (χ1) is 6.72. The minimum Gasteiger partial charge on any atom is -0.255 e. The third kappa shape index (κ3) is 1.23. The van der Waals surface area contributed by atoms with Gasteiger partial charge in [0.1, 0.15) is 6.07 Å². The highest BCUT2D eigenvalue weighted by molar-refractivity contribution is 5.83. The molecule has 0 saturated heterocycles. The van der Waals surface area contributed by atoms with E-state index in [2.05, 4.69) is 31.0 Å². The number of fused-ring (bicyclic) bond motifs is 1.